The van der Waals surface area contributed by atoms with Crippen molar-refractivity contribution in [2.24, 2.45) is 7.05 Å². The number of nitrogens with one attached hydrogen (secondary N) is 1. The van der Waals surface area contributed by atoms with Gasteiger partial charge >= 0.3 is 6.03 Å². The number of aryl methyl sites for hydroxylation is 1. The first-order chi connectivity index (χ1) is 8.70. The van der Waals surface area contributed by atoms with Gasteiger partial charge < -0.3 is 14.8 Å². The lowest BCUT2D eigenvalue weighted by molar-refractivity contribution is 0.199. The monoisotopic (exact) mass is 243 g/mol. The van der Waals surface area contributed by atoms with Gasteiger partial charge in [0, 0.05) is 44.3 Å². The molecule has 2 heterocycles. The van der Waals surface area contributed by atoms with Crippen molar-refractivity contribution >= 4 is 16.9 Å². The number of hydrogen-bond donors (Lipinski definition) is 1. The van der Waals surface area contributed by atoms with Crippen LogP contribution in [0.15, 0.2) is 24.4 Å². The number of hydrogen-bond acceptors (Lipinski definition) is 1. The zero-order valence-electron chi connectivity index (χ0n) is 10.7. The maximum Gasteiger partial charge on any atom is 0.317 e. The summed E-state index contributed by atoms with van der Waals surface area (Å²) in [5.74, 6) is 0. The molecule has 18 heavy (non-hydrogen) atoms. The third-order valence-electron chi connectivity index (χ3n) is 3.69. The second kappa shape index (κ2) is 4.05. The molecule has 2 aromatic rings. The van der Waals surface area contributed by atoms with E-state index < -0.39 is 0 Å². The fourth-order valence-electron chi connectivity index (χ4n) is 2.81. The van der Waals surface area contributed by atoms with Crippen LogP contribution in [0.1, 0.15) is 11.1 Å². The number of carbonyl (C=O) groups excluding carboxylic acids is 1. The van der Waals surface area contributed by atoms with Crippen molar-refractivity contribution < 1.29 is 4.79 Å². The van der Waals surface area contributed by atoms with E-state index in [0.717, 1.165) is 13.0 Å². The van der Waals surface area contributed by atoms with Gasteiger partial charge in [-0.3, -0.25) is 0 Å². The van der Waals surface area contributed by atoms with Crippen LogP contribution in [0.5, 0.6) is 0 Å². The molecule has 1 aliphatic rings. The minimum atomic E-state index is 0.00142. The molecule has 0 radical (unpaired) electrons. The first kappa shape index (κ1) is 11.1. The molecule has 0 bridgehead atoms. The largest absolute Gasteiger partial charge is 0.350 e. The Hall–Kier alpha value is -1.97. The quantitative estimate of drug-likeness (QED) is 0.753. The Morgan fingerprint density at radius 3 is 2.94 bits per heavy atom. The Morgan fingerprint density at radius 2 is 2.17 bits per heavy atom. The van der Waals surface area contributed by atoms with Crippen LogP contribution in [0.25, 0.3) is 10.9 Å². The number of amides is 2. The van der Waals surface area contributed by atoms with Crippen molar-refractivity contribution in [3.63, 3.8) is 0 Å². The first-order valence-electron chi connectivity index (χ1n) is 6.23. The van der Waals surface area contributed by atoms with E-state index in [1.165, 1.54) is 22.0 Å². The van der Waals surface area contributed by atoms with E-state index in [9.17, 15) is 4.79 Å². The SMILES string of the molecule is CNC(=O)N1CCc2cn(C)c3cccc(c23)C1. The summed E-state index contributed by atoms with van der Waals surface area (Å²) in [7, 11) is 3.76. The van der Waals surface area contributed by atoms with Gasteiger partial charge in [-0.2, -0.15) is 0 Å². The van der Waals surface area contributed by atoms with Crippen LogP contribution in [0.2, 0.25) is 0 Å². The van der Waals surface area contributed by atoms with Crippen molar-refractivity contribution in [2.75, 3.05) is 13.6 Å². The molecule has 1 N–H and O–H groups in total. The van der Waals surface area contributed by atoms with Gasteiger partial charge in [0.1, 0.15) is 0 Å². The number of urea groups is 1. The van der Waals surface area contributed by atoms with Crippen molar-refractivity contribution in [1.82, 2.24) is 14.8 Å². The number of rotatable bonds is 0. The standard InChI is InChI=1S/C14H17N3O/c1-15-14(18)17-7-6-11-8-16(2)12-5-3-4-10(9-17)13(11)12/h3-5,8H,6-7,9H2,1-2H3,(H,15,18). The normalized spacial score (nSPS) is 14.7. The molecule has 1 aliphatic heterocycles. The van der Waals surface area contributed by atoms with Crippen molar-refractivity contribution in [3.05, 3.63) is 35.5 Å². The van der Waals surface area contributed by atoms with Gasteiger partial charge in [-0.05, 0) is 23.6 Å². The molecule has 0 unspecified atom stereocenters. The maximum atomic E-state index is 11.8. The van der Waals surface area contributed by atoms with E-state index in [-0.39, 0.29) is 6.03 Å². The van der Waals surface area contributed by atoms with Gasteiger partial charge in [0.15, 0.2) is 0 Å². The van der Waals surface area contributed by atoms with E-state index in [1.54, 1.807) is 7.05 Å². The van der Waals surface area contributed by atoms with Gasteiger partial charge in [-0.15, -0.1) is 0 Å². The Morgan fingerprint density at radius 1 is 1.33 bits per heavy atom. The van der Waals surface area contributed by atoms with Crippen molar-refractivity contribution in [1.29, 1.82) is 0 Å². The minimum absolute atomic E-state index is 0.00142. The van der Waals surface area contributed by atoms with Gasteiger partial charge in [-0.25, -0.2) is 4.79 Å². The fourth-order valence-corrected chi connectivity index (χ4v) is 2.81. The predicted octanol–water partition coefficient (Wildman–Crippen LogP) is 1.88. The highest BCUT2D eigenvalue weighted by atomic mass is 16.2. The molecule has 2 amide bonds. The third-order valence-corrected chi connectivity index (χ3v) is 3.69. The summed E-state index contributed by atoms with van der Waals surface area (Å²) in [4.78, 5) is 13.7. The Labute approximate surface area is 106 Å². The van der Waals surface area contributed by atoms with Gasteiger partial charge in [0.05, 0.1) is 0 Å². The van der Waals surface area contributed by atoms with Gasteiger partial charge in [0.2, 0.25) is 0 Å². The molecule has 3 rings (SSSR count). The van der Waals surface area contributed by atoms with Crippen LogP contribution in [-0.2, 0) is 20.0 Å². The van der Waals surface area contributed by atoms with E-state index in [0.29, 0.717) is 6.54 Å². The molecule has 0 saturated carbocycles. The molecular formula is C14H17N3O. The molecule has 0 atom stereocenters. The summed E-state index contributed by atoms with van der Waals surface area (Å²) in [6.07, 6.45) is 3.10. The first-order valence-corrected chi connectivity index (χ1v) is 6.23. The summed E-state index contributed by atoms with van der Waals surface area (Å²) in [5.41, 5.74) is 3.83. The zero-order chi connectivity index (χ0) is 12.7. The Balaban J connectivity index is 2.11. The highest BCUT2D eigenvalue weighted by Crippen LogP contribution is 2.28. The molecule has 0 fully saturated rings. The van der Waals surface area contributed by atoms with Crippen LogP contribution in [0, 0.1) is 0 Å². The maximum absolute atomic E-state index is 11.8. The predicted molar refractivity (Wildman–Crippen MR) is 71.5 cm³/mol. The molecule has 0 spiro atoms. The molecule has 4 heteroatoms. The lowest BCUT2D eigenvalue weighted by atomic mass is 10.1. The van der Waals surface area contributed by atoms with E-state index in [4.69, 9.17) is 0 Å². The lowest BCUT2D eigenvalue weighted by Gasteiger charge is -2.20. The summed E-state index contributed by atoms with van der Waals surface area (Å²) in [6, 6.07) is 6.32. The molecule has 4 nitrogen and oxygen atoms in total. The zero-order valence-corrected chi connectivity index (χ0v) is 10.7. The summed E-state index contributed by atoms with van der Waals surface area (Å²) < 4.78 is 2.17. The lowest BCUT2D eigenvalue weighted by Crippen LogP contribution is -2.38. The average Bonchev–Trinajstić information content (AvgIpc) is 2.59. The van der Waals surface area contributed by atoms with Crippen LogP contribution >= 0.6 is 0 Å². The average molecular weight is 243 g/mol. The van der Waals surface area contributed by atoms with E-state index in [1.807, 2.05) is 4.90 Å². The highest BCUT2D eigenvalue weighted by Gasteiger charge is 2.20. The second-order valence-electron chi connectivity index (χ2n) is 4.80. The van der Waals surface area contributed by atoms with Gasteiger partial charge in [-0.1, -0.05) is 12.1 Å². The molecule has 0 aliphatic carbocycles. The smallest absolute Gasteiger partial charge is 0.317 e. The number of carbonyl (C=O) groups is 1. The Kier molecular flexibility index (Phi) is 2.51. The topological polar surface area (TPSA) is 37.3 Å². The molecule has 1 aromatic heterocycles. The third kappa shape index (κ3) is 1.56. The van der Waals surface area contributed by atoms with Crippen LogP contribution in [0.3, 0.4) is 0 Å². The van der Waals surface area contributed by atoms with Crippen molar-refractivity contribution in [2.45, 2.75) is 13.0 Å². The number of benzene rings is 1. The summed E-state index contributed by atoms with van der Waals surface area (Å²) in [6.45, 7) is 1.46. The minimum Gasteiger partial charge on any atom is -0.350 e. The highest BCUT2D eigenvalue weighted by molar-refractivity contribution is 5.88. The number of nitrogens with zero attached hydrogens (tertiary/aromatic N) is 2. The number of aromatic nitrogens is 1. The fraction of sp³-hybridized carbons (Fsp3) is 0.357. The summed E-state index contributed by atoms with van der Waals surface area (Å²) >= 11 is 0. The van der Waals surface area contributed by atoms with Crippen molar-refractivity contribution in [3.8, 4) is 0 Å². The molecule has 1 aromatic carbocycles. The second-order valence-corrected chi connectivity index (χ2v) is 4.80. The Bertz CT molecular complexity index is 615. The van der Waals surface area contributed by atoms with Crippen LogP contribution < -0.4 is 5.32 Å². The summed E-state index contributed by atoms with van der Waals surface area (Å²) in [5, 5.41) is 4.03. The van der Waals surface area contributed by atoms with E-state index in [2.05, 4.69) is 41.3 Å². The molecule has 94 valence electrons. The van der Waals surface area contributed by atoms with Gasteiger partial charge in [0.25, 0.3) is 0 Å². The van der Waals surface area contributed by atoms with E-state index >= 15 is 0 Å². The molecular weight excluding hydrogens is 226 g/mol. The molecule has 0 saturated heterocycles. The van der Waals surface area contributed by atoms with Crippen LogP contribution in [-0.4, -0.2) is 29.1 Å². The van der Waals surface area contributed by atoms with Crippen LogP contribution in [0.4, 0.5) is 4.79 Å².